The number of carbonyl (C=O) groups excluding carboxylic acids is 1. The first-order valence-electron chi connectivity index (χ1n) is 8.27. The Hall–Kier alpha value is -2.13. The molecule has 0 saturated carbocycles. The zero-order chi connectivity index (χ0) is 19.4. The van der Waals surface area contributed by atoms with Crippen molar-refractivity contribution in [2.45, 2.75) is 19.1 Å². The third-order valence-corrected chi connectivity index (χ3v) is 4.63. The van der Waals surface area contributed by atoms with Gasteiger partial charge in [0.05, 0.1) is 47.9 Å². The molecule has 5 nitrogen and oxygen atoms in total. The molecule has 1 atom stereocenters. The Kier molecular flexibility index (Phi) is 6.01. The summed E-state index contributed by atoms with van der Waals surface area (Å²) in [6.07, 6.45) is -2.34. The lowest BCUT2D eigenvalue weighted by atomic mass is 10.1. The molecule has 1 amide bonds. The first kappa shape index (κ1) is 19.6. The van der Waals surface area contributed by atoms with Crippen LogP contribution in [0.2, 0.25) is 0 Å². The summed E-state index contributed by atoms with van der Waals surface area (Å²) in [5, 5.41) is 5.53. The van der Waals surface area contributed by atoms with Crippen LogP contribution < -0.4 is 10.6 Å². The summed E-state index contributed by atoms with van der Waals surface area (Å²) >= 11 is 3.05. The van der Waals surface area contributed by atoms with E-state index in [0.717, 1.165) is 6.07 Å². The summed E-state index contributed by atoms with van der Waals surface area (Å²) < 4.78 is 45.0. The molecule has 0 radical (unpaired) electrons. The van der Waals surface area contributed by atoms with E-state index < -0.39 is 11.7 Å². The van der Waals surface area contributed by atoms with Gasteiger partial charge in [-0.2, -0.15) is 13.2 Å². The van der Waals surface area contributed by atoms with E-state index in [0.29, 0.717) is 35.5 Å². The van der Waals surface area contributed by atoms with Gasteiger partial charge in [-0.05, 0) is 36.8 Å². The second-order valence-electron chi connectivity index (χ2n) is 6.13. The number of alkyl halides is 3. The highest BCUT2D eigenvalue weighted by molar-refractivity contribution is 9.10. The van der Waals surface area contributed by atoms with Crippen molar-refractivity contribution in [3.05, 3.63) is 52.3 Å². The molecule has 1 aromatic heterocycles. The Morgan fingerprint density at radius 1 is 1.30 bits per heavy atom. The minimum absolute atomic E-state index is 0.0604. The van der Waals surface area contributed by atoms with Crippen molar-refractivity contribution in [3.63, 3.8) is 0 Å². The van der Waals surface area contributed by atoms with Gasteiger partial charge in [-0.25, -0.2) is 0 Å². The molecule has 2 aromatic rings. The monoisotopic (exact) mass is 443 g/mol. The summed E-state index contributed by atoms with van der Waals surface area (Å²) in [5.41, 5.74) is 0.198. The first-order chi connectivity index (χ1) is 12.8. The van der Waals surface area contributed by atoms with E-state index >= 15 is 0 Å². The highest BCUT2D eigenvalue weighted by atomic mass is 79.9. The number of carbonyl (C=O) groups is 1. The van der Waals surface area contributed by atoms with Crippen LogP contribution in [0.1, 0.15) is 17.7 Å². The Labute approximate surface area is 162 Å². The third-order valence-electron chi connectivity index (χ3n) is 4.13. The number of ether oxygens (including phenoxy) is 1. The minimum atomic E-state index is -4.48. The predicted octanol–water partition coefficient (Wildman–Crippen LogP) is 4.26. The molecule has 1 unspecified atom stereocenters. The molecule has 1 fully saturated rings. The molecule has 0 bridgehead atoms. The number of nitrogens with one attached hydrogen (secondary N) is 2. The number of pyridine rings is 1. The lowest BCUT2D eigenvalue weighted by Gasteiger charge is -2.15. The van der Waals surface area contributed by atoms with Gasteiger partial charge in [-0.1, -0.05) is 15.9 Å². The van der Waals surface area contributed by atoms with E-state index in [9.17, 15) is 18.0 Å². The minimum Gasteiger partial charge on any atom is -0.381 e. The van der Waals surface area contributed by atoms with Crippen molar-refractivity contribution in [2.75, 3.05) is 18.5 Å². The van der Waals surface area contributed by atoms with Gasteiger partial charge in [0, 0.05) is 11.1 Å². The van der Waals surface area contributed by atoms with Crippen LogP contribution in [0, 0.1) is 5.92 Å². The van der Waals surface area contributed by atoms with Gasteiger partial charge in [0.1, 0.15) is 0 Å². The number of anilines is 2. The fourth-order valence-electron chi connectivity index (χ4n) is 2.68. The lowest BCUT2D eigenvalue weighted by Crippen LogP contribution is -2.30. The Bertz CT molecular complexity index is 806. The quantitative estimate of drug-likeness (QED) is 0.724. The van der Waals surface area contributed by atoms with E-state index in [-0.39, 0.29) is 24.1 Å². The highest BCUT2D eigenvalue weighted by Crippen LogP contribution is 2.37. The molecule has 2 N–H and O–H groups in total. The maximum absolute atomic E-state index is 13.2. The van der Waals surface area contributed by atoms with Crippen LogP contribution in [-0.2, 0) is 22.3 Å². The van der Waals surface area contributed by atoms with E-state index in [1.807, 2.05) is 0 Å². The summed E-state index contributed by atoms with van der Waals surface area (Å²) in [6.45, 7) is 1.27. The normalized spacial score (nSPS) is 17.0. The van der Waals surface area contributed by atoms with Crippen LogP contribution >= 0.6 is 15.9 Å². The van der Waals surface area contributed by atoms with Crippen molar-refractivity contribution in [3.8, 4) is 0 Å². The molecule has 144 valence electrons. The van der Waals surface area contributed by atoms with Crippen LogP contribution in [0.3, 0.4) is 0 Å². The van der Waals surface area contributed by atoms with Gasteiger partial charge in [0.2, 0.25) is 5.91 Å². The van der Waals surface area contributed by atoms with E-state index in [1.165, 1.54) is 18.3 Å². The van der Waals surface area contributed by atoms with Crippen LogP contribution in [0.5, 0.6) is 0 Å². The van der Waals surface area contributed by atoms with Crippen LogP contribution in [0.4, 0.5) is 24.5 Å². The standard InChI is InChI=1S/C18H17BrF3N3O2/c19-12-1-4-16(15(7-12)18(20,21)22)25-14-3-2-13(23-9-14)8-24-17(26)11-5-6-27-10-11/h1-4,7,9,11,25H,5-6,8,10H2,(H,24,26). The molecule has 9 heteroatoms. The van der Waals surface area contributed by atoms with Crippen molar-refractivity contribution >= 4 is 33.2 Å². The smallest absolute Gasteiger partial charge is 0.381 e. The second kappa shape index (κ2) is 8.26. The zero-order valence-electron chi connectivity index (χ0n) is 14.1. The van der Waals surface area contributed by atoms with Gasteiger partial charge < -0.3 is 15.4 Å². The number of aromatic nitrogens is 1. The number of hydrogen-bond donors (Lipinski definition) is 2. The number of benzene rings is 1. The molecule has 2 heterocycles. The first-order valence-corrected chi connectivity index (χ1v) is 9.06. The molecule has 1 aliphatic heterocycles. The van der Waals surface area contributed by atoms with Gasteiger partial charge in [0.15, 0.2) is 0 Å². The van der Waals surface area contributed by atoms with Gasteiger partial charge in [-0.3, -0.25) is 9.78 Å². The Balaban J connectivity index is 1.63. The Morgan fingerprint density at radius 2 is 2.11 bits per heavy atom. The highest BCUT2D eigenvalue weighted by Gasteiger charge is 2.33. The predicted molar refractivity (Wildman–Crippen MR) is 97.4 cm³/mol. The molecular formula is C18H17BrF3N3O2. The van der Waals surface area contributed by atoms with Crippen molar-refractivity contribution < 1.29 is 22.7 Å². The van der Waals surface area contributed by atoms with E-state index in [1.54, 1.807) is 12.1 Å². The molecule has 0 aliphatic carbocycles. The SMILES string of the molecule is O=C(NCc1ccc(Nc2ccc(Br)cc2C(F)(F)F)cn1)C1CCOC1. The number of rotatable bonds is 5. The van der Waals surface area contributed by atoms with Crippen LogP contribution in [0.15, 0.2) is 41.0 Å². The number of nitrogens with zero attached hydrogens (tertiary/aromatic N) is 1. The summed E-state index contributed by atoms with van der Waals surface area (Å²) in [4.78, 5) is 16.1. The van der Waals surface area contributed by atoms with Gasteiger partial charge in [0.25, 0.3) is 0 Å². The van der Waals surface area contributed by atoms with Crippen LogP contribution in [-0.4, -0.2) is 24.1 Å². The summed E-state index contributed by atoms with van der Waals surface area (Å²) in [6, 6.07) is 7.17. The van der Waals surface area contributed by atoms with Crippen LogP contribution in [0.25, 0.3) is 0 Å². The van der Waals surface area contributed by atoms with Crippen molar-refractivity contribution in [1.29, 1.82) is 0 Å². The molecule has 1 aromatic carbocycles. The number of amides is 1. The second-order valence-corrected chi connectivity index (χ2v) is 7.04. The van der Waals surface area contributed by atoms with Gasteiger partial charge in [-0.15, -0.1) is 0 Å². The summed E-state index contributed by atoms with van der Waals surface area (Å²) in [7, 11) is 0. The number of hydrogen-bond acceptors (Lipinski definition) is 4. The lowest BCUT2D eigenvalue weighted by molar-refractivity contribution is -0.137. The van der Waals surface area contributed by atoms with Crippen molar-refractivity contribution in [2.24, 2.45) is 5.92 Å². The average molecular weight is 444 g/mol. The molecule has 27 heavy (non-hydrogen) atoms. The molecule has 3 rings (SSSR count). The fraction of sp³-hybridized carbons (Fsp3) is 0.333. The van der Waals surface area contributed by atoms with E-state index in [4.69, 9.17) is 4.74 Å². The van der Waals surface area contributed by atoms with Gasteiger partial charge >= 0.3 is 6.18 Å². The third kappa shape index (κ3) is 5.20. The van der Waals surface area contributed by atoms with Crippen molar-refractivity contribution in [1.82, 2.24) is 10.3 Å². The molecule has 1 aliphatic rings. The Morgan fingerprint density at radius 3 is 2.74 bits per heavy atom. The number of halogens is 4. The maximum Gasteiger partial charge on any atom is 0.418 e. The molecular weight excluding hydrogens is 427 g/mol. The average Bonchev–Trinajstić information content (AvgIpc) is 3.16. The van der Waals surface area contributed by atoms with E-state index in [2.05, 4.69) is 31.5 Å². The summed E-state index contributed by atoms with van der Waals surface area (Å²) in [5.74, 6) is -0.217. The fourth-order valence-corrected chi connectivity index (χ4v) is 3.04. The topological polar surface area (TPSA) is 63.2 Å². The zero-order valence-corrected chi connectivity index (χ0v) is 15.7. The largest absolute Gasteiger partial charge is 0.418 e. The molecule has 1 saturated heterocycles. The molecule has 0 spiro atoms. The maximum atomic E-state index is 13.2.